The van der Waals surface area contributed by atoms with Crippen molar-refractivity contribution in [3.8, 4) is 0 Å². The highest BCUT2D eigenvalue weighted by Gasteiger charge is 2.29. The maximum atomic E-state index is 12.6. The van der Waals surface area contributed by atoms with E-state index in [1.54, 1.807) is 5.38 Å². The van der Waals surface area contributed by atoms with Gasteiger partial charge in [0.15, 0.2) is 0 Å². The first-order valence-electron chi connectivity index (χ1n) is 9.52. The lowest BCUT2D eigenvalue weighted by molar-refractivity contribution is -0.0483. The van der Waals surface area contributed by atoms with Crippen molar-refractivity contribution in [1.29, 1.82) is 0 Å². The third-order valence-electron chi connectivity index (χ3n) is 4.77. The minimum Gasteiger partial charge on any atom is -0.373 e. The van der Waals surface area contributed by atoms with Crippen LogP contribution in [0.3, 0.4) is 0 Å². The van der Waals surface area contributed by atoms with Crippen molar-refractivity contribution in [2.75, 3.05) is 26.2 Å². The quantitative estimate of drug-likeness (QED) is 0.723. The van der Waals surface area contributed by atoms with Crippen LogP contribution >= 0.6 is 11.3 Å². The van der Waals surface area contributed by atoms with Gasteiger partial charge in [-0.3, -0.25) is 9.69 Å². The average Bonchev–Trinajstić information content (AvgIpc) is 3.16. The monoisotopic (exact) mass is 388 g/mol. The van der Waals surface area contributed by atoms with Crippen LogP contribution in [0, 0.1) is 0 Å². The molecular weight excluding hydrogens is 360 g/mol. The van der Waals surface area contributed by atoms with Crippen molar-refractivity contribution in [2.45, 2.75) is 38.5 Å². The van der Waals surface area contributed by atoms with Crippen LogP contribution in [0.5, 0.6) is 0 Å². The van der Waals surface area contributed by atoms with E-state index in [-0.39, 0.29) is 18.1 Å². The zero-order valence-electron chi connectivity index (χ0n) is 15.8. The molecule has 2 heterocycles. The Morgan fingerprint density at radius 3 is 3.00 bits per heavy atom. The van der Waals surface area contributed by atoms with Gasteiger partial charge in [-0.2, -0.15) is 0 Å². The van der Waals surface area contributed by atoms with E-state index in [0.29, 0.717) is 25.3 Å². The fourth-order valence-corrected chi connectivity index (χ4v) is 4.11. The van der Waals surface area contributed by atoms with E-state index in [1.165, 1.54) is 16.9 Å². The number of morpholine rings is 1. The number of aromatic nitrogens is 1. The summed E-state index contributed by atoms with van der Waals surface area (Å²) >= 11 is 1.48. The lowest BCUT2D eigenvalue weighted by atomic mass is 10.1. The summed E-state index contributed by atoms with van der Waals surface area (Å²) in [5, 5.41) is 5.82. The van der Waals surface area contributed by atoms with Crippen LogP contribution in [0.15, 0.2) is 35.7 Å². The summed E-state index contributed by atoms with van der Waals surface area (Å²) in [6.07, 6.45) is 1.50. The predicted octanol–water partition coefficient (Wildman–Crippen LogP) is 2.05. The molecule has 6 nitrogen and oxygen atoms in total. The van der Waals surface area contributed by atoms with E-state index in [1.807, 2.05) is 6.07 Å². The van der Waals surface area contributed by atoms with Gasteiger partial charge in [0.2, 0.25) is 0 Å². The molecule has 2 unspecified atom stereocenters. The van der Waals surface area contributed by atoms with Gasteiger partial charge < -0.3 is 15.8 Å². The number of rotatable bonds is 8. The largest absolute Gasteiger partial charge is 0.373 e. The summed E-state index contributed by atoms with van der Waals surface area (Å²) in [7, 11) is 0. The van der Waals surface area contributed by atoms with Gasteiger partial charge in [0.1, 0.15) is 5.69 Å². The molecular formula is C20H28N4O2S. The predicted molar refractivity (Wildman–Crippen MR) is 108 cm³/mol. The zero-order valence-corrected chi connectivity index (χ0v) is 16.6. The molecule has 27 heavy (non-hydrogen) atoms. The molecule has 3 rings (SSSR count). The van der Waals surface area contributed by atoms with Gasteiger partial charge in [0, 0.05) is 31.4 Å². The van der Waals surface area contributed by atoms with Crippen LogP contribution in [-0.2, 0) is 17.7 Å². The lowest BCUT2D eigenvalue weighted by Crippen LogP contribution is -2.53. The number of thiazole rings is 1. The molecule has 0 radical (unpaired) electrons. The van der Waals surface area contributed by atoms with Crippen LogP contribution in [0.25, 0.3) is 0 Å². The summed E-state index contributed by atoms with van der Waals surface area (Å²) in [6.45, 7) is 5.92. The second-order valence-corrected chi connectivity index (χ2v) is 7.73. The molecule has 1 fully saturated rings. The van der Waals surface area contributed by atoms with Crippen molar-refractivity contribution >= 4 is 17.2 Å². The molecule has 0 bridgehead atoms. The number of hydrogen-bond acceptors (Lipinski definition) is 6. The van der Waals surface area contributed by atoms with E-state index in [4.69, 9.17) is 10.5 Å². The summed E-state index contributed by atoms with van der Waals surface area (Å²) in [4.78, 5) is 19.3. The van der Waals surface area contributed by atoms with Crippen LogP contribution in [0.2, 0.25) is 0 Å². The molecule has 1 aliphatic heterocycles. The van der Waals surface area contributed by atoms with E-state index in [0.717, 1.165) is 31.1 Å². The van der Waals surface area contributed by atoms with Gasteiger partial charge in [-0.25, -0.2) is 4.98 Å². The molecule has 7 heteroatoms. The van der Waals surface area contributed by atoms with Gasteiger partial charge >= 0.3 is 0 Å². The number of amides is 1. The molecule has 0 saturated carbocycles. The summed E-state index contributed by atoms with van der Waals surface area (Å²) in [6, 6.07) is 10.4. The maximum Gasteiger partial charge on any atom is 0.271 e. The van der Waals surface area contributed by atoms with Gasteiger partial charge in [0.25, 0.3) is 5.91 Å². The number of nitrogens with one attached hydrogen (secondary N) is 1. The minimum absolute atomic E-state index is 0.0152. The third-order valence-corrected chi connectivity index (χ3v) is 5.68. The third kappa shape index (κ3) is 5.59. The second kappa shape index (κ2) is 9.94. The molecule has 1 aromatic carbocycles. The summed E-state index contributed by atoms with van der Waals surface area (Å²) in [5.41, 5.74) is 7.33. The molecule has 1 aromatic heterocycles. The number of benzene rings is 1. The molecule has 146 valence electrons. The fourth-order valence-electron chi connectivity index (χ4n) is 3.31. The van der Waals surface area contributed by atoms with E-state index >= 15 is 0 Å². The SMILES string of the molecule is CCC(NC(=O)c1csc(CCN)n1)C1CN(Cc2ccccc2)CCO1. The second-order valence-electron chi connectivity index (χ2n) is 6.78. The Hall–Kier alpha value is -1.80. The number of carbonyl (C=O) groups is 1. The summed E-state index contributed by atoms with van der Waals surface area (Å²) < 4.78 is 5.99. The van der Waals surface area contributed by atoms with Crippen molar-refractivity contribution in [3.05, 3.63) is 52.0 Å². The standard InChI is InChI=1S/C20H28N4O2S/c1-2-16(23-20(25)17-14-27-19(22-17)8-9-21)18-13-24(10-11-26-18)12-15-6-4-3-5-7-15/h3-7,14,16,18H,2,8-13,21H2,1H3,(H,23,25). The van der Waals surface area contributed by atoms with Crippen molar-refractivity contribution < 1.29 is 9.53 Å². The van der Waals surface area contributed by atoms with Crippen LogP contribution in [0.1, 0.15) is 34.4 Å². The van der Waals surface area contributed by atoms with E-state index < -0.39 is 0 Å². The minimum atomic E-state index is -0.134. The van der Waals surface area contributed by atoms with Crippen molar-refractivity contribution in [2.24, 2.45) is 5.73 Å². The number of nitrogens with two attached hydrogens (primary N) is 1. The molecule has 1 saturated heterocycles. The molecule has 2 atom stereocenters. The Morgan fingerprint density at radius 1 is 1.44 bits per heavy atom. The molecule has 1 amide bonds. The van der Waals surface area contributed by atoms with Gasteiger partial charge in [-0.15, -0.1) is 11.3 Å². The molecule has 0 spiro atoms. The smallest absolute Gasteiger partial charge is 0.271 e. The first kappa shape index (κ1) is 19.9. The first-order chi connectivity index (χ1) is 13.2. The van der Waals surface area contributed by atoms with E-state index in [9.17, 15) is 4.79 Å². The fraction of sp³-hybridized carbons (Fsp3) is 0.500. The molecule has 1 aliphatic rings. The van der Waals surface area contributed by atoms with Gasteiger partial charge in [-0.1, -0.05) is 37.3 Å². The first-order valence-corrected chi connectivity index (χ1v) is 10.4. The van der Waals surface area contributed by atoms with Crippen molar-refractivity contribution in [1.82, 2.24) is 15.2 Å². The lowest BCUT2D eigenvalue weighted by Gasteiger charge is -2.37. The molecule has 0 aliphatic carbocycles. The van der Waals surface area contributed by atoms with Crippen LogP contribution in [0.4, 0.5) is 0 Å². The zero-order chi connectivity index (χ0) is 19.1. The Balaban J connectivity index is 1.57. The van der Waals surface area contributed by atoms with Gasteiger partial charge in [0.05, 0.1) is 23.8 Å². The number of nitrogens with zero attached hydrogens (tertiary/aromatic N) is 2. The molecule has 3 N–H and O–H groups in total. The Bertz CT molecular complexity index is 722. The van der Waals surface area contributed by atoms with Crippen LogP contribution in [-0.4, -0.2) is 54.2 Å². The van der Waals surface area contributed by atoms with Gasteiger partial charge in [-0.05, 0) is 18.5 Å². The highest BCUT2D eigenvalue weighted by atomic mass is 32.1. The summed E-state index contributed by atoms with van der Waals surface area (Å²) in [5.74, 6) is -0.134. The Morgan fingerprint density at radius 2 is 2.26 bits per heavy atom. The number of ether oxygens (including phenoxy) is 1. The Labute approximate surface area is 164 Å². The van der Waals surface area contributed by atoms with Crippen LogP contribution < -0.4 is 11.1 Å². The number of hydrogen-bond donors (Lipinski definition) is 2. The number of carbonyl (C=O) groups excluding carboxylic acids is 1. The van der Waals surface area contributed by atoms with Crippen molar-refractivity contribution in [3.63, 3.8) is 0 Å². The average molecular weight is 389 g/mol. The Kier molecular flexibility index (Phi) is 7.34. The highest BCUT2D eigenvalue weighted by Crippen LogP contribution is 2.16. The topological polar surface area (TPSA) is 80.5 Å². The normalized spacial score (nSPS) is 19.0. The maximum absolute atomic E-state index is 12.6. The molecule has 2 aromatic rings. The van der Waals surface area contributed by atoms with E-state index in [2.05, 4.69) is 46.4 Å². The highest BCUT2D eigenvalue weighted by molar-refractivity contribution is 7.09.